The number of aromatic carboxylic acids is 1. The van der Waals surface area contributed by atoms with Crippen molar-refractivity contribution in [2.45, 2.75) is 25.7 Å². The number of aromatic nitrogens is 1. The highest BCUT2D eigenvalue weighted by Crippen LogP contribution is 2.25. The summed E-state index contributed by atoms with van der Waals surface area (Å²) in [5, 5.41) is 16.6. The Hall–Kier alpha value is -1.88. The zero-order valence-corrected chi connectivity index (χ0v) is 11.9. The first-order valence-electron chi connectivity index (χ1n) is 6.75. The topological polar surface area (TPSA) is 62.2 Å². The van der Waals surface area contributed by atoms with E-state index in [1.165, 1.54) is 5.56 Å². The third-order valence-corrected chi connectivity index (χ3v) is 4.30. The second-order valence-corrected chi connectivity index (χ2v) is 5.74. The molecule has 0 bridgehead atoms. The number of fused-ring (bicyclic) bond motifs is 1. The van der Waals surface area contributed by atoms with Gasteiger partial charge in [-0.2, -0.15) is 11.3 Å². The van der Waals surface area contributed by atoms with Gasteiger partial charge in [-0.1, -0.05) is 0 Å². The summed E-state index contributed by atoms with van der Waals surface area (Å²) >= 11 is 1.67. The van der Waals surface area contributed by atoms with Gasteiger partial charge in [-0.05, 0) is 59.7 Å². The van der Waals surface area contributed by atoms with Gasteiger partial charge in [-0.15, -0.1) is 0 Å². The van der Waals surface area contributed by atoms with E-state index in [0.717, 1.165) is 36.9 Å². The highest BCUT2D eigenvalue weighted by atomic mass is 32.1. The van der Waals surface area contributed by atoms with E-state index in [1.54, 1.807) is 17.4 Å². The standard InChI is InChI=1S/C15H16N2O2S/c18-15(19)12-8-11-2-1-3-13(11)17-14(12)16-6-4-10-5-7-20-9-10/h5,7-9H,1-4,6H2,(H,16,17)(H,18,19). The Morgan fingerprint density at radius 1 is 1.45 bits per heavy atom. The lowest BCUT2D eigenvalue weighted by atomic mass is 10.1. The predicted octanol–water partition coefficient (Wildman–Crippen LogP) is 2.98. The van der Waals surface area contributed by atoms with Crippen LogP contribution in [-0.4, -0.2) is 22.6 Å². The van der Waals surface area contributed by atoms with Crippen molar-refractivity contribution in [3.05, 3.63) is 45.3 Å². The van der Waals surface area contributed by atoms with Crippen LogP contribution in [0, 0.1) is 0 Å². The lowest BCUT2D eigenvalue weighted by Gasteiger charge is -2.10. The summed E-state index contributed by atoms with van der Waals surface area (Å²) in [6, 6.07) is 3.87. The van der Waals surface area contributed by atoms with E-state index >= 15 is 0 Å². The summed E-state index contributed by atoms with van der Waals surface area (Å²) in [5.74, 6) is -0.404. The van der Waals surface area contributed by atoms with Crippen LogP contribution in [0.25, 0.3) is 0 Å². The first-order chi connectivity index (χ1) is 9.74. The minimum absolute atomic E-state index is 0.288. The first kappa shape index (κ1) is 13.1. The maximum Gasteiger partial charge on any atom is 0.339 e. The van der Waals surface area contributed by atoms with Gasteiger partial charge in [0.1, 0.15) is 11.4 Å². The van der Waals surface area contributed by atoms with Crippen LogP contribution in [0.15, 0.2) is 22.9 Å². The number of pyridine rings is 1. The number of carboxylic acids is 1. The van der Waals surface area contributed by atoms with Gasteiger partial charge in [-0.3, -0.25) is 0 Å². The van der Waals surface area contributed by atoms with Gasteiger partial charge in [0.05, 0.1) is 0 Å². The number of carboxylic acid groups (broad SMARTS) is 1. The number of carbonyl (C=O) groups is 1. The van der Waals surface area contributed by atoms with Gasteiger partial charge in [0, 0.05) is 12.2 Å². The molecule has 0 amide bonds. The Balaban J connectivity index is 1.75. The summed E-state index contributed by atoms with van der Waals surface area (Å²) in [6.07, 6.45) is 3.84. The van der Waals surface area contributed by atoms with E-state index in [1.807, 2.05) is 5.38 Å². The zero-order chi connectivity index (χ0) is 13.9. The predicted molar refractivity (Wildman–Crippen MR) is 79.7 cm³/mol. The second-order valence-electron chi connectivity index (χ2n) is 4.96. The number of anilines is 1. The normalized spacial score (nSPS) is 13.2. The maximum atomic E-state index is 11.3. The molecule has 0 aliphatic heterocycles. The van der Waals surface area contributed by atoms with Crippen LogP contribution in [0.2, 0.25) is 0 Å². The number of hydrogen-bond donors (Lipinski definition) is 2. The van der Waals surface area contributed by atoms with Crippen LogP contribution in [0.3, 0.4) is 0 Å². The SMILES string of the molecule is O=C(O)c1cc2c(nc1NCCc1ccsc1)CCC2. The van der Waals surface area contributed by atoms with Crippen molar-refractivity contribution < 1.29 is 9.90 Å². The molecule has 3 rings (SSSR count). The summed E-state index contributed by atoms with van der Waals surface area (Å²) in [4.78, 5) is 15.8. The van der Waals surface area contributed by atoms with Crippen molar-refractivity contribution in [3.63, 3.8) is 0 Å². The molecule has 2 aromatic heterocycles. The van der Waals surface area contributed by atoms with E-state index in [-0.39, 0.29) is 5.56 Å². The van der Waals surface area contributed by atoms with Crippen LogP contribution in [0.5, 0.6) is 0 Å². The second kappa shape index (κ2) is 5.63. The Morgan fingerprint density at radius 3 is 3.10 bits per heavy atom. The minimum Gasteiger partial charge on any atom is -0.478 e. The first-order valence-corrected chi connectivity index (χ1v) is 7.69. The average Bonchev–Trinajstić information content (AvgIpc) is 3.07. The molecule has 4 nitrogen and oxygen atoms in total. The molecule has 0 saturated heterocycles. The molecule has 2 heterocycles. The quantitative estimate of drug-likeness (QED) is 0.888. The van der Waals surface area contributed by atoms with E-state index in [4.69, 9.17) is 0 Å². The van der Waals surface area contributed by atoms with Crippen LogP contribution >= 0.6 is 11.3 Å². The van der Waals surface area contributed by atoms with Crippen LogP contribution in [0.1, 0.15) is 33.6 Å². The van der Waals surface area contributed by atoms with E-state index in [9.17, 15) is 9.90 Å². The molecular formula is C15H16N2O2S. The molecule has 104 valence electrons. The number of nitrogens with zero attached hydrogens (tertiary/aromatic N) is 1. The molecule has 5 heteroatoms. The van der Waals surface area contributed by atoms with E-state index in [0.29, 0.717) is 12.4 Å². The molecule has 0 aromatic carbocycles. The molecule has 20 heavy (non-hydrogen) atoms. The molecule has 0 radical (unpaired) electrons. The van der Waals surface area contributed by atoms with Gasteiger partial charge in [0.2, 0.25) is 0 Å². The van der Waals surface area contributed by atoms with Gasteiger partial charge in [0.25, 0.3) is 0 Å². The summed E-state index contributed by atoms with van der Waals surface area (Å²) in [5.41, 5.74) is 3.69. The minimum atomic E-state index is -0.912. The van der Waals surface area contributed by atoms with Gasteiger partial charge < -0.3 is 10.4 Å². The Morgan fingerprint density at radius 2 is 2.35 bits per heavy atom. The van der Waals surface area contributed by atoms with Crippen LogP contribution < -0.4 is 5.32 Å². The molecule has 1 aliphatic rings. The van der Waals surface area contributed by atoms with Crippen molar-refractivity contribution in [2.24, 2.45) is 0 Å². The molecular weight excluding hydrogens is 272 g/mol. The highest BCUT2D eigenvalue weighted by molar-refractivity contribution is 7.07. The fraction of sp³-hybridized carbons (Fsp3) is 0.333. The van der Waals surface area contributed by atoms with Crippen molar-refractivity contribution in [2.75, 3.05) is 11.9 Å². The molecule has 2 N–H and O–H groups in total. The monoisotopic (exact) mass is 288 g/mol. The number of hydrogen-bond acceptors (Lipinski definition) is 4. The van der Waals surface area contributed by atoms with Crippen LogP contribution in [0.4, 0.5) is 5.82 Å². The fourth-order valence-corrected chi connectivity index (χ4v) is 3.23. The average molecular weight is 288 g/mol. The van der Waals surface area contributed by atoms with E-state index in [2.05, 4.69) is 21.7 Å². The van der Waals surface area contributed by atoms with Crippen molar-refractivity contribution in [1.29, 1.82) is 0 Å². The summed E-state index contributed by atoms with van der Waals surface area (Å²) in [7, 11) is 0. The van der Waals surface area contributed by atoms with E-state index < -0.39 is 5.97 Å². The van der Waals surface area contributed by atoms with Crippen molar-refractivity contribution in [3.8, 4) is 0 Å². The summed E-state index contributed by atoms with van der Waals surface area (Å²) < 4.78 is 0. The third kappa shape index (κ3) is 2.67. The maximum absolute atomic E-state index is 11.3. The highest BCUT2D eigenvalue weighted by Gasteiger charge is 2.19. The van der Waals surface area contributed by atoms with Crippen LogP contribution in [-0.2, 0) is 19.3 Å². The Bertz CT molecular complexity index is 623. The largest absolute Gasteiger partial charge is 0.478 e. The van der Waals surface area contributed by atoms with Crippen molar-refractivity contribution >= 4 is 23.1 Å². The van der Waals surface area contributed by atoms with Crippen molar-refractivity contribution in [1.82, 2.24) is 4.98 Å². The Labute approximate surface area is 121 Å². The molecule has 0 unspecified atom stereocenters. The molecule has 1 aliphatic carbocycles. The van der Waals surface area contributed by atoms with Gasteiger partial charge >= 0.3 is 5.97 Å². The smallest absolute Gasteiger partial charge is 0.339 e. The molecule has 0 atom stereocenters. The molecule has 2 aromatic rings. The number of nitrogens with one attached hydrogen (secondary N) is 1. The lowest BCUT2D eigenvalue weighted by molar-refractivity contribution is 0.0697. The molecule has 0 fully saturated rings. The molecule has 0 saturated carbocycles. The lowest BCUT2D eigenvalue weighted by Crippen LogP contribution is -2.12. The Kier molecular flexibility index (Phi) is 3.69. The number of aryl methyl sites for hydroxylation is 2. The van der Waals surface area contributed by atoms with Gasteiger partial charge in [0.15, 0.2) is 0 Å². The third-order valence-electron chi connectivity index (χ3n) is 3.57. The zero-order valence-electron chi connectivity index (χ0n) is 11.1. The molecule has 0 spiro atoms. The van der Waals surface area contributed by atoms with Gasteiger partial charge in [-0.25, -0.2) is 9.78 Å². The number of thiophene rings is 1. The fourth-order valence-electron chi connectivity index (χ4n) is 2.53. The summed E-state index contributed by atoms with van der Waals surface area (Å²) in [6.45, 7) is 0.697. The number of rotatable bonds is 5.